The Morgan fingerprint density at radius 2 is 1.38 bits per heavy atom. The fourth-order valence-electron chi connectivity index (χ4n) is 5.85. The lowest BCUT2D eigenvalue weighted by atomic mass is 9.67. The van der Waals surface area contributed by atoms with Crippen LogP contribution in [0.1, 0.15) is 56.9 Å². The number of hydrogen-bond donors (Lipinski definition) is 0. The molecular weight excluding hydrogens is 314 g/mol. The van der Waals surface area contributed by atoms with Crippen LogP contribution in [0.25, 0.3) is 5.57 Å². The highest BCUT2D eigenvalue weighted by Crippen LogP contribution is 2.50. The zero-order valence-electron chi connectivity index (χ0n) is 15.6. The largest absolute Gasteiger partial charge is 0.361 e. The molecule has 3 unspecified atom stereocenters. The Balaban J connectivity index is 1.68. The van der Waals surface area contributed by atoms with Crippen molar-refractivity contribution in [2.24, 2.45) is 5.92 Å². The van der Waals surface area contributed by atoms with E-state index in [0.29, 0.717) is 18.0 Å². The SMILES string of the molecule is c1ccc(C2=C3CCCCC3N(c3ccccc3)C3CCCCC23)cc1. The Morgan fingerprint density at radius 3 is 2.19 bits per heavy atom. The van der Waals surface area contributed by atoms with E-state index < -0.39 is 0 Å². The molecule has 0 radical (unpaired) electrons. The molecule has 0 bridgehead atoms. The van der Waals surface area contributed by atoms with Gasteiger partial charge >= 0.3 is 0 Å². The molecule has 3 atom stereocenters. The first-order valence-corrected chi connectivity index (χ1v) is 10.6. The van der Waals surface area contributed by atoms with E-state index in [1.807, 2.05) is 0 Å². The highest BCUT2D eigenvalue weighted by molar-refractivity contribution is 5.76. The molecule has 3 aliphatic rings. The van der Waals surface area contributed by atoms with E-state index in [1.54, 1.807) is 11.1 Å². The van der Waals surface area contributed by atoms with Crippen LogP contribution in [0.2, 0.25) is 0 Å². The standard InChI is InChI=1S/C25H29N/c1-3-11-19(12-4-1)25-21-15-7-9-17-23(21)26(20-13-5-2-6-14-20)24-18-10-8-16-22(24)25/h1-6,11-14,21,23-24H,7-10,15-18H2. The highest BCUT2D eigenvalue weighted by Gasteiger charge is 2.44. The second kappa shape index (κ2) is 6.95. The Hall–Kier alpha value is -2.02. The summed E-state index contributed by atoms with van der Waals surface area (Å²) < 4.78 is 0. The van der Waals surface area contributed by atoms with E-state index in [0.717, 1.165) is 0 Å². The molecule has 1 heterocycles. The van der Waals surface area contributed by atoms with Gasteiger partial charge in [-0.15, -0.1) is 0 Å². The number of rotatable bonds is 2. The van der Waals surface area contributed by atoms with Gasteiger partial charge in [0, 0.05) is 17.6 Å². The first-order valence-electron chi connectivity index (χ1n) is 10.6. The van der Waals surface area contributed by atoms with Crippen LogP contribution < -0.4 is 4.90 Å². The number of hydrogen-bond acceptors (Lipinski definition) is 1. The summed E-state index contributed by atoms with van der Waals surface area (Å²) in [4.78, 5) is 2.84. The van der Waals surface area contributed by atoms with Crippen molar-refractivity contribution in [1.29, 1.82) is 0 Å². The second-order valence-electron chi connectivity index (χ2n) is 8.27. The average molecular weight is 344 g/mol. The van der Waals surface area contributed by atoms with E-state index in [1.165, 1.54) is 62.6 Å². The van der Waals surface area contributed by atoms with Crippen molar-refractivity contribution in [1.82, 2.24) is 0 Å². The van der Waals surface area contributed by atoms with E-state index >= 15 is 0 Å². The molecule has 0 spiro atoms. The Bertz CT molecular complexity index is 776. The minimum absolute atomic E-state index is 0.612. The van der Waals surface area contributed by atoms with Gasteiger partial charge in [-0.1, -0.05) is 67.8 Å². The maximum Gasteiger partial charge on any atom is 0.0511 e. The monoisotopic (exact) mass is 343 g/mol. The van der Waals surface area contributed by atoms with Crippen LogP contribution in [0.15, 0.2) is 66.2 Å². The van der Waals surface area contributed by atoms with Gasteiger partial charge in [0.25, 0.3) is 0 Å². The van der Waals surface area contributed by atoms with Crippen LogP contribution in [0.5, 0.6) is 0 Å². The zero-order valence-corrected chi connectivity index (χ0v) is 15.6. The molecule has 2 saturated carbocycles. The quantitative estimate of drug-likeness (QED) is 0.604. The molecule has 1 nitrogen and oxygen atoms in total. The third kappa shape index (κ3) is 2.69. The van der Waals surface area contributed by atoms with Crippen LogP contribution in [0, 0.1) is 5.92 Å². The molecule has 2 fully saturated rings. The molecule has 0 aromatic heterocycles. The van der Waals surface area contributed by atoms with Gasteiger partial charge in [0.2, 0.25) is 0 Å². The fraction of sp³-hybridized carbons (Fsp3) is 0.440. The van der Waals surface area contributed by atoms with Crippen molar-refractivity contribution < 1.29 is 0 Å². The minimum atomic E-state index is 0.612. The molecular formula is C25H29N. The lowest BCUT2D eigenvalue weighted by Crippen LogP contribution is -2.54. The van der Waals surface area contributed by atoms with Gasteiger partial charge in [-0.2, -0.15) is 0 Å². The first-order chi connectivity index (χ1) is 12.9. The molecule has 1 heteroatoms. The molecule has 134 valence electrons. The zero-order chi connectivity index (χ0) is 17.3. The molecule has 2 aliphatic carbocycles. The van der Waals surface area contributed by atoms with Crippen molar-refractivity contribution in [3.63, 3.8) is 0 Å². The van der Waals surface area contributed by atoms with Crippen LogP contribution >= 0.6 is 0 Å². The molecule has 2 aromatic carbocycles. The van der Waals surface area contributed by atoms with Crippen LogP contribution in [-0.4, -0.2) is 12.1 Å². The van der Waals surface area contributed by atoms with Crippen LogP contribution in [-0.2, 0) is 0 Å². The van der Waals surface area contributed by atoms with E-state index in [2.05, 4.69) is 65.6 Å². The lowest BCUT2D eigenvalue weighted by molar-refractivity contribution is 0.306. The van der Waals surface area contributed by atoms with Gasteiger partial charge in [0.1, 0.15) is 0 Å². The third-order valence-corrected chi connectivity index (χ3v) is 6.85. The van der Waals surface area contributed by atoms with Crippen LogP contribution in [0.3, 0.4) is 0 Å². The average Bonchev–Trinajstić information content (AvgIpc) is 2.73. The molecule has 0 N–H and O–H groups in total. The summed E-state index contributed by atoms with van der Waals surface area (Å²) >= 11 is 0. The third-order valence-electron chi connectivity index (χ3n) is 6.85. The van der Waals surface area contributed by atoms with Gasteiger partial charge in [-0.3, -0.25) is 0 Å². The number of benzene rings is 2. The topological polar surface area (TPSA) is 3.24 Å². The fourth-order valence-corrected chi connectivity index (χ4v) is 5.85. The van der Waals surface area contributed by atoms with Gasteiger partial charge in [0.05, 0.1) is 6.04 Å². The molecule has 0 amide bonds. The van der Waals surface area contributed by atoms with Gasteiger partial charge < -0.3 is 4.90 Å². The number of para-hydroxylation sites is 1. The molecule has 2 aromatic rings. The lowest BCUT2D eigenvalue weighted by Gasteiger charge is -2.53. The summed E-state index contributed by atoms with van der Waals surface area (Å²) in [6, 6.07) is 23.9. The summed E-state index contributed by atoms with van der Waals surface area (Å²) in [5.41, 5.74) is 6.43. The Morgan fingerprint density at radius 1 is 0.692 bits per heavy atom. The van der Waals surface area contributed by atoms with Crippen molar-refractivity contribution in [3.05, 3.63) is 71.8 Å². The summed E-state index contributed by atoms with van der Waals surface area (Å²) in [7, 11) is 0. The molecule has 5 rings (SSSR count). The van der Waals surface area contributed by atoms with Crippen molar-refractivity contribution in [3.8, 4) is 0 Å². The highest BCUT2D eigenvalue weighted by atomic mass is 15.2. The normalized spacial score (nSPS) is 28.5. The molecule has 26 heavy (non-hydrogen) atoms. The van der Waals surface area contributed by atoms with Crippen molar-refractivity contribution in [2.45, 2.75) is 63.5 Å². The summed E-state index contributed by atoms with van der Waals surface area (Å²) in [5.74, 6) is 0.704. The minimum Gasteiger partial charge on any atom is -0.361 e. The van der Waals surface area contributed by atoms with Gasteiger partial charge in [0.15, 0.2) is 0 Å². The number of fused-ring (bicyclic) bond motifs is 2. The Labute approximate surface area is 157 Å². The maximum absolute atomic E-state index is 2.84. The maximum atomic E-state index is 2.84. The molecule has 1 aliphatic heterocycles. The summed E-state index contributed by atoms with van der Waals surface area (Å²) in [5, 5.41) is 0. The van der Waals surface area contributed by atoms with Crippen LogP contribution in [0.4, 0.5) is 5.69 Å². The Kier molecular flexibility index (Phi) is 4.32. The second-order valence-corrected chi connectivity index (χ2v) is 8.27. The summed E-state index contributed by atoms with van der Waals surface area (Å²) in [6.07, 6.45) is 10.8. The smallest absolute Gasteiger partial charge is 0.0511 e. The molecule has 0 saturated heterocycles. The van der Waals surface area contributed by atoms with Crippen molar-refractivity contribution in [2.75, 3.05) is 4.90 Å². The van der Waals surface area contributed by atoms with E-state index in [4.69, 9.17) is 0 Å². The predicted molar refractivity (Wildman–Crippen MR) is 110 cm³/mol. The predicted octanol–water partition coefficient (Wildman–Crippen LogP) is 6.46. The number of anilines is 1. The van der Waals surface area contributed by atoms with Crippen molar-refractivity contribution >= 4 is 11.3 Å². The summed E-state index contributed by atoms with van der Waals surface area (Å²) in [6.45, 7) is 0. The number of nitrogens with zero attached hydrogens (tertiary/aromatic N) is 1. The van der Waals surface area contributed by atoms with Gasteiger partial charge in [-0.05, 0) is 60.9 Å². The van der Waals surface area contributed by atoms with Gasteiger partial charge in [-0.25, -0.2) is 0 Å². The first kappa shape index (κ1) is 16.2. The van der Waals surface area contributed by atoms with E-state index in [-0.39, 0.29) is 0 Å². The van der Waals surface area contributed by atoms with E-state index in [9.17, 15) is 0 Å².